The maximum atomic E-state index is 7.49. The molecule has 1 N–H and O–H groups in total. The van der Waals surface area contributed by atoms with E-state index in [0.717, 1.165) is 41.4 Å². The number of rotatable bonds is 5. The number of anilines is 1. The van der Waals surface area contributed by atoms with Crippen molar-refractivity contribution in [3.8, 4) is 5.88 Å². The van der Waals surface area contributed by atoms with E-state index in [1.54, 1.807) is 0 Å². The number of nitrogens with one attached hydrogen (secondary N) is 1. The molecule has 0 amide bonds. The third kappa shape index (κ3) is 4.88. The predicted molar refractivity (Wildman–Crippen MR) is 86.4 cm³/mol. The van der Waals surface area contributed by atoms with Gasteiger partial charge in [0.25, 0.3) is 0 Å². The van der Waals surface area contributed by atoms with Crippen LogP contribution >= 0.6 is 22.6 Å². The molecule has 0 radical (unpaired) electrons. The van der Waals surface area contributed by atoms with Crippen LogP contribution in [0, 0.1) is 8.35 Å². The van der Waals surface area contributed by atoms with Crippen molar-refractivity contribution in [2.75, 3.05) is 49.8 Å². The van der Waals surface area contributed by atoms with Crippen LogP contribution in [-0.4, -0.2) is 49.9 Å². The van der Waals surface area contributed by atoms with Crippen molar-refractivity contribution < 1.29 is 9.47 Å². The topological polar surface area (TPSA) is 58.4 Å². The van der Waals surface area contributed by atoms with E-state index < -0.39 is 0 Å². The van der Waals surface area contributed by atoms with Gasteiger partial charge in [-0.2, -0.15) is 4.98 Å². The summed E-state index contributed by atoms with van der Waals surface area (Å²) in [4.78, 5) is 6.75. The van der Waals surface area contributed by atoms with Gasteiger partial charge in [0.15, 0.2) is 0 Å². The Kier molecular flexibility index (Phi) is 5.83. The Labute approximate surface area is 129 Å². The molecule has 1 fully saturated rings. The molecule has 5 nitrogen and oxygen atoms in total. The number of hydrogen-bond donors (Lipinski definition) is 1. The van der Waals surface area contributed by atoms with Crippen LogP contribution in [0.15, 0.2) is 12.1 Å². The van der Waals surface area contributed by atoms with Gasteiger partial charge < -0.3 is 14.4 Å². The Morgan fingerprint density at radius 1 is 1.47 bits per heavy atom. The van der Waals surface area contributed by atoms with E-state index in [4.69, 9.17) is 14.3 Å². The molecule has 2 rings (SSSR count). The number of aromatic nitrogens is 1. The fourth-order valence-electron chi connectivity index (χ4n) is 1.76. The smallest absolute Gasteiger partial charge is 0.216 e. The lowest BCUT2D eigenvalue weighted by Crippen LogP contribution is -2.36. The molecule has 106 valence electrons. The van der Waals surface area contributed by atoms with Crippen LogP contribution in [0.1, 0.15) is 0 Å². The molecule has 1 aromatic heterocycles. The third-order valence-corrected chi connectivity index (χ3v) is 4.13. The largest absolute Gasteiger partial charge is 0.477 e. The van der Waals surface area contributed by atoms with Crippen molar-refractivity contribution in [1.82, 2.24) is 4.98 Å². The van der Waals surface area contributed by atoms with Crippen molar-refractivity contribution in [2.24, 2.45) is 0 Å². The molecule has 7 heteroatoms. The van der Waals surface area contributed by atoms with E-state index in [1.807, 2.05) is 12.3 Å². The highest BCUT2D eigenvalue weighted by molar-refractivity contribution is 14.1. The van der Waals surface area contributed by atoms with Gasteiger partial charge in [-0.05, 0) is 34.9 Å². The van der Waals surface area contributed by atoms with Crippen LogP contribution < -0.4 is 9.64 Å². The molecule has 0 aliphatic carbocycles. The van der Waals surface area contributed by atoms with Crippen molar-refractivity contribution in [1.29, 1.82) is 4.78 Å². The first-order valence-corrected chi connectivity index (χ1v) is 9.00. The van der Waals surface area contributed by atoms with Crippen LogP contribution in [0.2, 0.25) is 0 Å². The maximum Gasteiger partial charge on any atom is 0.216 e. The molecule has 0 saturated carbocycles. The van der Waals surface area contributed by atoms with Crippen LogP contribution in [0.25, 0.3) is 0 Å². The van der Waals surface area contributed by atoms with Gasteiger partial charge in [0.05, 0.1) is 19.8 Å². The monoisotopic (exact) mass is 395 g/mol. The third-order valence-electron chi connectivity index (χ3n) is 2.73. The van der Waals surface area contributed by atoms with E-state index in [2.05, 4.69) is 38.5 Å². The molecule has 0 aromatic carbocycles. The Morgan fingerprint density at radius 2 is 2.21 bits per heavy atom. The van der Waals surface area contributed by atoms with E-state index in [-0.39, 0.29) is 10.7 Å². The second-order valence-corrected chi connectivity index (χ2v) is 7.20. The normalized spacial score (nSPS) is 17.3. The van der Waals surface area contributed by atoms with Gasteiger partial charge in [-0.25, -0.2) is 0 Å². The first-order chi connectivity index (χ1) is 9.15. The number of nitrogens with zero attached hydrogens (tertiary/aromatic N) is 2. The number of morpholine rings is 1. The summed E-state index contributed by atoms with van der Waals surface area (Å²) in [6.07, 6.45) is 1.89. The van der Waals surface area contributed by atoms with Gasteiger partial charge in [0, 0.05) is 28.5 Å². The summed E-state index contributed by atoms with van der Waals surface area (Å²) >= 11 is 2.28. The minimum atomic E-state index is -0.336. The lowest BCUT2D eigenvalue weighted by Gasteiger charge is -2.28. The molecule has 1 saturated heterocycles. The lowest BCUT2D eigenvalue weighted by molar-refractivity contribution is 0.122. The molecule has 1 aliphatic rings. The summed E-state index contributed by atoms with van der Waals surface area (Å²) in [5.41, 5.74) is 0. The lowest BCUT2D eigenvalue weighted by atomic mass is 10.3. The fourth-order valence-corrected chi connectivity index (χ4v) is 2.64. The minimum absolute atomic E-state index is 0.336. The summed E-state index contributed by atoms with van der Waals surface area (Å²) in [5.74, 6) is 2.35. The van der Waals surface area contributed by atoms with Gasteiger partial charge in [-0.3, -0.25) is 4.78 Å². The highest BCUT2D eigenvalue weighted by Crippen LogP contribution is 2.21. The summed E-state index contributed by atoms with van der Waals surface area (Å²) in [7, 11) is -0.336. The molecule has 0 spiro atoms. The van der Waals surface area contributed by atoms with E-state index >= 15 is 0 Å². The van der Waals surface area contributed by atoms with Gasteiger partial charge in [0.2, 0.25) is 5.88 Å². The standard InChI is InChI=1S/C12H18IN3O2S/c1-19(14)7-6-18-12-9-10(13)8-11(15-12)16-2-4-17-5-3-16/h8-9,14H,2-7H2,1H3. The molecular formula is C12H18IN3O2S. The Balaban J connectivity index is 2.03. The molecule has 19 heavy (non-hydrogen) atoms. The molecule has 1 aromatic rings. The average Bonchev–Trinajstić information content (AvgIpc) is 2.39. The number of halogens is 1. The van der Waals surface area contributed by atoms with Gasteiger partial charge in [-0.1, -0.05) is 0 Å². The Morgan fingerprint density at radius 3 is 2.89 bits per heavy atom. The SMILES string of the molecule is CS(=N)CCOc1cc(I)cc(N2CCOCC2)n1. The second kappa shape index (κ2) is 7.39. The fraction of sp³-hybridized carbons (Fsp3) is 0.583. The molecule has 0 bridgehead atoms. The molecule has 1 atom stereocenters. The highest BCUT2D eigenvalue weighted by atomic mass is 127. The molecule has 1 unspecified atom stereocenters. The van der Waals surface area contributed by atoms with Crippen LogP contribution in [0.4, 0.5) is 5.82 Å². The second-order valence-electron chi connectivity index (χ2n) is 4.27. The first-order valence-electron chi connectivity index (χ1n) is 6.12. The summed E-state index contributed by atoms with van der Waals surface area (Å²) in [5, 5.41) is 0. The zero-order chi connectivity index (χ0) is 13.7. The van der Waals surface area contributed by atoms with Crippen molar-refractivity contribution in [2.45, 2.75) is 0 Å². The predicted octanol–water partition coefficient (Wildman–Crippen LogP) is 1.91. The first kappa shape index (κ1) is 15.0. The van der Waals surface area contributed by atoms with E-state index in [1.165, 1.54) is 0 Å². The average molecular weight is 395 g/mol. The Hall–Kier alpha value is -0.410. The molecule has 2 heterocycles. The maximum absolute atomic E-state index is 7.49. The van der Waals surface area contributed by atoms with Crippen LogP contribution in [-0.2, 0) is 15.4 Å². The highest BCUT2D eigenvalue weighted by Gasteiger charge is 2.14. The molecular weight excluding hydrogens is 377 g/mol. The molecule has 1 aliphatic heterocycles. The van der Waals surface area contributed by atoms with E-state index in [9.17, 15) is 0 Å². The van der Waals surface area contributed by atoms with Crippen molar-refractivity contribution in [3.63, 3.8) is 0 Å². The summed E-state index contributed by atoms with van der Waals surface area (Å²) in [6.45, 7) is 3.80. The van der Waals surface area contributed by atoms with Crippen molar-refractivity contribution >= 4 is 39.1 Å². The van der Waals surface area contributed by atoms with E-state index in [0.29, 0.717) is 12.5 Å². The number of hydrogen-bond acceptors (Lipinski definition) is 5. The van der Waals surface area contributed by atoms with Gasteiger partial charge in [0.1, 0.15) is 5.82 Å². The van der Waals surface area contributed by atoms with Gasteiger partial charge >= 0.3 is 0 Å². The Bertz CT molecular complexity index is 453. The van der Waals surface area contributed by atoms with Crippen LogP contribution in [0.5, 0.6) is 5.88 Å². The zero-order valence-electron chi connectivity index (χ0n) is 10.9. The minimum Gasteiger partial charge on any atom is -0.477 e. The number of ether oxygens (including phenoxy) is 2. The summed E-state index contributed by atoms with van der Waals surface area (Å²) < 4.78 is 19.6. The van der Waals surface area contributed by atoms with Crippen molar-refractivity contribution in [3.05, 3.63) is 15.7 Å². The van der Waals surface area contributed by atoms with Gasteiger partial charge in [-0.15, -0.1) is 10.7 Å². The van der Waals surface area contributed by atoms with Crippen LogP contribution in [0.3, 0.4) is 0 Å². The summed E-state index contributed by atoms with van der Waals surface area (Å²) in [6, 6.07) is 4.00. The number of pyridine rings is 1. The zero-order valence-corrected chi connectivity index (χ0v) is 13.9. The quantitative estimate of drug-likeness (QED) is 0.774.